The van der Waals surface area contributed by atoms with Crippen molar-refractivity contribution in [3.8, 4) is 11.1 Å². The van der Waals surface area contributed by atoms with Gasteiger partial charge in [-0.15, -0.1) is 0 Å². The van der Waals surface area contributed by atoms with Crippen molar-refractivity contribution in [1.29, 1.82) is 0 Å². The Balaban J connectivity index is 1.52. The third-order valence-electron chi connectivity index (χ3n) is 6.20. The smallest absolute Gasteiger partial charge is 0.312 e. The second-order valence-electron chi connectivity index (χ2n) is 8.14. The van der Waals surface area contributed by atoms with Crippen molar-refractivity contribution in [1.82, 2.24) is 10.2 Å². The highest BCUT2D eigenvalue weighted by Gasteiger charge is 2.64. The lowest BCUT2D eigenvalue weighted by Gasteiger charge is -2.32. The predicted molar refractivity (Wildman–Crippen MR) is 102 cm³/mol. The molecule has 2 nitrogen and oxygen atoms in total. The minimum atomic E-state index is -5.32. The van der Waals surface area contributed by atoms with Crippen LogP contribution in [-0.2, 0) is 6.54 Å². The molecule has 2 aromatic rings. The van der Waals surface area contributed by atoms with Crippen LogP contribution in [0.1, 0.15) is 5.56 Å². The van der Waals surface area contributed by atoms with Gasteiger partial charge in [0.1, 0.15) is 0 Å². The molecule has 8 heteroatoms. The molecule has 162 valence electrons. The molecule has 30 heavy (non-hydrogen) atoms. The van der Waals surface area contributed by atoms with Crippen LogP contribution < -0.4 is 5.32 Å². The van der Waals surface area contributed by atoms with E-state index < -0.39 is 30.2 Å². The van der Waals surface area contributed by atoms with Crippen LogP contribution in [0.5, 0.6) is 0 Å². The Labute approximate surface area is 170 Å². The zero-order chi connectivity index (χ0) is 21.5. The summed E-state index contributed by atoms with van der Waals surface area (Å²) in [7, 11) is 0. The fraction of sp³-hybridized carbons (Fsp3) is 0.455. The SMILES string of the molecule is FC(F)(F)C(C1NCC2CN(Cc3ccccc3-c3ccccc3)CC21)C(F)(F)F. The predicted octanol–water partition coefficient (Wildman–Crippen LogP) is 5.11. The van der Waals surface area contributed by atoms with Gasteiger partial charge in [0, 0.05) is 25.7 Å². The minimum absolute atomic E-state index is 0.175. The van der Waals surface area contributed by atoms with Gasteiger partial charge in [0.05, 0.1) is 0 Å². The maximum Gasteiger partial charge on any atom is 0.402 e. The van der Waals surface area contributed by atoms with Gasteiger partial charge in [-0.2, -0.15) is 26.3 Å². The molecule has 2 aromatic carbocycles. The fourth-order valence-electron chi connectivity index (χ4n) is 4.94. The molecule has 0 bridgehead atoms. The number of fused-ring (bicyclic) bond motifs is 1. The van der Waals surface area contributed by atoms with Crippen molar-refractivity contribution in [2.45, 2.75) is 24.9 Å². The van der Waals surface area contributed by atoms with Crippen LogP contribution in [0.2, 0.25) is 0 Å². The fourth-order valence-corrected chi connectivity index (χ4v) is 4.94. The van der Waals surface area contributed by atoms with E-state index in [1.807, 2.05) is 59.5 Å². The number of alkyl halides is 6. The first kappa shape index (κ1) is 21.2. The molecule has 1 N–H and O–H groups in total. The molecule has 4 rings (SSSR count). The van der Waals surface area contributed by atoms with E-state index in [0.29, 0.717) is 13.1 Å². The van der Waals surface area contributed by atoms with Crippen molar-refractivity contribution < 1.29 is 26.3 Å². The summed E-state index contributed by atoms with van der Waals surface area (Å²) in [6.07, 6.45) is -10.6. The van der Waals surface area contributed by atoms with Crippen LogP contribution in [0.3, 0.4) is 0 Å². The summed E-state index contributed by atoms with van der Waals surface area (Å²) in [6, 6.07) is 15.9. The second kappa shape index (κ2) is 7.89. The van der Waals surface area contributed by atoms with E-state index in [9.17, 15) is 26.3 Å². The highest BCUT2D eigenvalue weighted by atomic mass is 19.4. The maximum atomic E-state index is 13.2. The summed E-state index contributed by atoms with van der Waals surface area (Å²) in [5, 5.41) is 2.53. The monoisotopic (exact) mass is 428 g/mol. The maximum absolute atomic E-state index is 13.2. The summed E-state index contributed by atoms with van der Waals surface area (Å²) in [5.41, 5.74) is 3.06. The number of benzene rings is 2. The van der Waals surface area contributed by atoms with Crippen LogP contribution in [0, 0.1) is 17.8 Å². The molecule has 0 aliphatic carbocycles. The molecule has 0 amide bonds. The molecule has 2 aliphatic heterocycles. The lowest BCUT2D eigenvalue weighted by atomic mass is 9.85. The first-order valence-electron chi connectivity index (χ1n) is 9.87. The molecular formula is C22H22F6N2. The van der Waals surface area contributed by atoms with Crippen molar-refractivity contribution in [2.75, 3.05) is 19.6 Å². The Morgan fingerprint density at radius 3 is 2.17 bits per heavy atom. The highest BCUT2D eigenvalue weighted by Crippen LogP contribution is 2.47. The number of nitrogens with zero attached hydrogens (tertiary/aromatic N) is 1. The van der Waals surface area contributed by atoms with Crippen LogP contribution in [0.4, 0.5) is 26.3 Å². The van der Waals surface area contributed by atoms with Gasteiger partial charge in [0.25, 0.3) is 0 Å². The van der Waals surface area contributed by atoms with Gasteiger partial charge in [0.15, 0.2) is 5.92 Å². The molecule has 2 aliphatic rings. The van der Waals surface area contributed by atoms with E-state index in [0.717, 1.165) is 16.7 Å². The quantitative estimate of drug-likeness (QED) is 0.681. The van der Waals surface area contributed by atoms with Crippen LogP contribution in [0.25, 0.3) is 11.1 Å². The molecule has 2 fully saturated rings. The van der Waals surface area contributed by atoms with E-state index >= 15 is 0 Å². The van der Waals surface area contributed by atoms with Gasteiger partial charge >= 0.3 is 12.4 Å². The molecule has 2 heterocycles. The van der Waals surface area contributed by atoms with Gasteiger partial charge in [-0.25, -0.2) is 0 Å². The zero-order valence-corrected chi connectivity index (χ0v) is 16.0. The summed E-state index contributed by atoms with van der Waals surface area (Å²) >= 11 is 0. The average molecular weight is 428 g/mol. The lowest BCUT2D eigenvalue weighted by molar-refractivity contribution is -0.293. The van der Waals surface area contributed by atoms with Gasteiger partial charge in [-0.05, 0) is 35.1 Å². The number of likely N-dealkylation sites (tertiary alicyclic amines) is 1. The summed E-state index contributed by atoms with van der Waals surface area (Å²) in [4.78, 5) is 1.98. The number of hydrogen-bond donors (Lipinski definition) is 1. The number of hydrogen-bond acceptors (Lipinski definition) is 2. The molecule has 2 saturated heterocycles. The molecular weight excluding hydrogens is 406 g/mol. The second-order valence-corrected chi connectivity index (χ2v) is 8.14. The summed E-state index contributed by atoms with van der Waals surface area (Å²) in [6.45, 7) is 1.37. The third kappa shape index (κ3) is 4.21. The van der Waals surface area contributed by atoms with Crippen LogP contribution in [-0.4, -0.2) is 42.9 Å². The lowest BCUT2D eigenvalue weighted by Crippen LogP contribution is -2.52. The van der Waals surface area contributed by atoms with Gasteiger partial charge < -0.3 is 5.32 Å². The first-order valence-corrected chi connectivity index (χ1v) is 9.87. The summed E-state index contributed by atoms with van der Waals surface area (Å²) < 4.78 is 79.4. The largest absolute Gasteiger partial charge is 0.402 e. The topological polar surface area (TPSA) is 15.3 Å². The van der Waals surface area contributed by atoms with Crippen molar-refractivity contribution >= 4 is 0 Å². The molecule has 0 saturated carbocycles. The highest BCUT2D eigenvalue weighted by molar-refractivity contribution is 5.67. The van der Waals surface area contributed by atoms with E-state index in [-0.39, 0.29) is 19.0 Å². The molecule has 0 spiro atoms. The minimum Gasteiger partial charge on any atom is -0.312 e. The van der Waals surface area contributed by atoms with Gasteiger partial charge in [-0.3, -0.25) is 4.90 Å². The van der Waals surface area contributed by atoms with Crippen LogP contribution >= 0.6 is 0 Å². The third-order valence-corrected chi connectivity index (χ3v) is 6.20. The Morgan fingerprint density at radius 2 is 1.50 bits per heavy atom. The molecule has 0 aromatic heterocycles. The Hall–Kier alpha value is -2.06. The van der Waals surface area contributed by atoms with E-state index in [1.165, 1.54) is 0 Å². The van der Waals surface area contributed by atoms with Crippen molar-refractivity contribution in [3.63, 3.8) is 0 Å². The van der Waals surface area contributed by atoms with Gasteiger partial charge in [0.2, 0.25) is 0 Å². The first-order chi connectivity index (χ1) is 14.1. The standard InChI is InChI=1S/C22H22F6N2/c23-21(24,25)20(22(26,27)28)19-18-13-30(12-16(18)10-29-19)11-15-8-4-5-9-17(15)14-6-2-1-3-7-14/h1-9,16,18-20,29H,10-13H2. The molecule has 0 radical (unpaired) electrons. The number of rotatable bonds is 4. The van der Waals surface area contributed by atoms with E-state index in [2.05, 4.69) is 5.32 Å². The molecule has 3 unspecified atom stereocenters. The van der Waals surface area contributed by atoms with Crippen LogP contribution in [0.15, 0.2) is 54.6 Å². The van der Waals surface area contributed by atoms with Crippen molar-refractivity contribution in [2.24, 2.45) is 17.8 Å². The Kier molecular flexibility index (Phi) is 5.57. The Morgan fingerprint density at radius 1 is 0.867 bits per heavy atom. The van der Waals surface area contributed by atoms with E-state index in [1.54, 1.807) is 0 Å². The number of nitrogens with one attached hydrogen (secondary N) is 1. The van der Waals surface area contributed by atoms with E-state index in [4.69, 9.17) is 0 Å². The Bertz CT molecular complexity index is 850. The van der Waals surface area contributed by atoms with Gasteiger partial charge in [-0.1, -0.05) is 54.6 Å². The molecule has 3 atom stereocenters. The average Bonchev–Trinajstić information content (AvgIpc) is 3.22. The zero-order valence-electron chi connectivity index (χ0n) is 16.0. The summed E-state index contributed by atoms with van der Waals surface area (Å²) in [5.74, 6) is -4.23. The normalized spacial score (nSPS) is 25.1. The van der Waals surface area contributed by atoms with Crippen molar-refractivity contribution in [3.05, 3.63) is 60.2 Å². The number of halogens is 6.